The molecule has 0 amide bonds. The first-order valence-corrected chi connectivity index (χ1v) is 7.70. The van der Waals surface area contributed by atoms with E-state index in [1.54, 1.807) is 6.33 Å². The quantitative estimate of drug-likeness (QED) is 0.733. The minimum Gasteiger partial charge on any atom is -0.351 e. The monoisotopic (exact) mass is 260 g/mol. The summed E-state index contributed by atoms with van der Waals surface area (Å²) in [7, 11) is 0. The predicted molar refractivity (Wildman–Crippen MR) is 79.0 cm³/mol. The summed E-state index contributed by atoms with van der Waals surface area (Å²) in [5.74, 6) is 2.50. The zero-order valence-electron chi connectivity index (χ0n) is 10.6. The Balaban J connectivity index is 1.47. The van der Waals surface area contributed by atoms with Crippen molar-refractivity contribution in [3.63, 3.8) is 0 Å². The minimum atomic E-state index is 1.09. The third kappa shape index (κ3) is 4.96. The molecule has 2 nitrogen and oxygen atoms in total. The molecule has 1 aromatic carbocycles. The second kappa shape index (κ2) is 7.98. The molecule has 2 rings (SSSR count). The molecule has 0 bridgehead atoms. The van der Waals surface area contributed by atoms with Gasteiger partial charge in [0.25, 0.3) is 0 Å². The van der Waals surface area contributed by atoms with Gasteiger partial charge < -0.3 is 4.98 Å². The standard InChI is InChI=1S/C15H20N2S/c1-2-6-14(7-3-1)8-4-10-18-11-5-9-15-12-16-13-17-15/h1-3,6-7,12-13H,4-5,8-11H2,(H,16,17). The van der Waals surface area contributed by atoms with Crippen LogP contribution in [0.15, 0.2) is 42.9 Å². The Morgan fingerprint density at radius 3 is 2.50 bits per heavy atom. The van der Waals surface area contributed by atoms with Crippen LogP contribution in [0.3, 0.4) is 0 Å². The molecule has 96 valence electrons. The first-order valence-electron chi connectivity index (χ1n) is 6.54. The lowest BCUT2D eigenvalue weighted by Gasteiger charge is -2.02. The topological polar surface area (TPSA) is 28.7 Å². The van der Waals surface area contributed by atoms with E-state index >= 15 is 0 Å². The van der Waals surface area contributed by atoms with Crippen molar-refractivity contribution in [1.82, 2.24) is 9.97 Å². The molecule has 2 aromatic rings. The van der Waals surface area contributed by atoms with Crippen LogP contribution in [-0.4, -0.2) is 21.5 Å². The Hall–Kier alpha value is -1.22. The SMILES string of the molecule is c1ccc(CCCSCCCc2c[nH]cn2)cc1. The fraction of sp³-hybridized carbons (Fsp3) is 0.400. The number of nitrogens with zero attached hydrogens (tertiary/aromatic N) is 1. The normalized spacial score (nSPS) is 10.7. The highest BCUT2D eigenvalue weighted by Gasteiger charge is 1.96. The van der Waals surface area contributed by atoms with Gasteiger partial charge in [-0.25, -0.2) is 4.98 Å². The van der Waals surface area contributed by atoms with Crippen molar-refractivity contribution in [3.05, 3.63) is 54.1 Å². The van der Waals surface area contributed by atoms with Crippen LogP contribution in [0.1, 0.15) is 24.1 Å². The van der Waals surface area contributed by atoms with Gasteiger partial charge in [-0.1, -0.05) is 30.3 Å². The Morgan fingerprint density at radius 2 is 1.78 bits per heavy atom. The number of aryl methyl sites for hydroxylation is 2. The maximum atomic E-state index is 4.23. The van der Waals surface area contributed by atoms with Gasteiger partial charge in [0.05, 0.1) is 12.0 Å². The maximum absolute atomic E-state index is 4.23. The summed E-state index contributed by atoms with van der Waals surface area (Å²) >= 11 is 2.06. The lowest BCUT2D eigenvalue weighted by atomic mass is 10.1. The van der Waals surface area contributed by atoms with Gasteiger partial charge in [0.2, 0.25) is 0 Å². The second-order valence-electron chi connectivity index (χ2n) is 4.37. The van der Waals surface area contributed by atoms with Crippen molar-refractivity contribution >= 4 is 11.8 Å². The van der Waals surface area contributed by atoms with Crippen LogP contribution in [0.5, 0.6) is 0 Å². The molecule has 0 atom stereocenters. The molecule has 0 saturated carbocycles. The summed E-state index contributed by atoms with van der Waals surface area (Å²) in [6, 6.07) is 10.7. The van der Waals surface area contributed by atoms with Gasteiger partial charge >= 0.3 is 0 Å². The van der Waals surface area contributed by atoms with Crippen molar-refractivity contribution in [2.75, 3.05) is 11.5 Å². The number of benzene rings is 1. The molecule has 0 aliphatic rings. The van der Waals surface area contributed by atoms with Gasteiger partial charge in [-0.15, -0.1) is 0 Å². The van der Waals surface area contributed by atoms with Crippen LogP contribution < -0.4 is 0 Å². The highest BCUT2D eigenvalue weighted by atomic mass is 32.2. The van der Waals surface area contributed by atoms with E-state index in [1.165, 1.54) is 42.0 Å². The first kappa shape index (κ1) is 13.2. The van der Waals surface area contributed by atoms with Gasteiger partial charge in [-0.05, 0) is 42.8 Å². The highest BCUT2D eigenvalue weighted by Crippen LogP contribution is 2.10. The summed E-state index contributed by atoms with van der Waals surface area (Å²) in [6.45, 7) is 0. The van der Waals surface area contributed by atoms with Crippen LogP contribution in [0.4, 0.5) is 0 Å². The number of aromatic nitrogens is 2. The van der Waals surface area contributed by atoms with Crippen LogP contribution >= 0.6 is 11.8 Å². The zero-order chi connectivity index (χ0) is 12.5. The van der Waals surface area contributed by atoms with E-state index in [4.69, 9.17) is 0 Å². The van der Waals surface area contributed by atoms with E-state index in [0.29, 0.717) is 0 Å². The second-order valence-corrected chi connectivity index (χ2v) is 5.59. The lowest BCUT2D eigenvalue weighted by Crippen LogP contribution is -1.91. The molecule has 0 aliphatic heterocycles. The average molecular weight is 260 g/mol. The van der Waals surface area contributed by atoms with Crippen LogP contribution in [0.25, 0.3) is 0 Å². The molecule has 1 aromatic heterocycles. The number of hydrogen-bond donors (Lipinski definition) is 1. The Kier molecular flexibility index (Phi) is 5.86. The van der Waals surface area contributed by atoms with E-state index in [9.17, 15) is 0 Å². The van der Waals surface area contributed by atoms with Crippen molar-refractivity contribution in [1.29, 1.82) is 0 Å². The van der Waals surface area contributed by atoms with Crippen LogP contribution in [0.2, 0.25) is 0 Å². The first-order chi connectivity index (χ1) is 8.95. The molecule has 1 N–H and O–H groups in total. The van der Waals surface area contributed by atoms with Crippen molar-refractivity contribution in [2.24, 2.45) is 0 Å². The number of H-pyrrole nitrogens is 1. The van der Waals surface area contributed by atoms with Crippen molar-refractivity contribution in [2.45, 2.75) is 25.7 Å². The van der Waals surface area contributed by atoms with E-state index in [0.717, 1.165) is 6.42 Å². The Morgan fingerprint density at radius 1 is 1.00 bits per heavy atom. The fourth-order valence-electron chi connectivity index (χ4n) is 1.91. The van der Waals surface area contributed by atoms with Gasteiger partial charge in [0.1, 0.15) is 0 Å². The number of hydrogen-bond acceptors (Lipinski definition) is 2. The minimum absolute atomic E-state index is 1.09. The predicted octanol–water partition coefficient (Wildman–Crippen LogP) is 3.71. The van der Waals surface area contributed by atoms with E-state index < -0.39 is 0 Å². The van der Waals surface area contributed by atoms with Crippen LogP contribution in [0, 0.1) is 0 Å². The smallest absolute Gasteiger partial charge is 0.0923 e. The summed E-state index contributed by atoms with van der Waals surface area (Å²) in [5.41, 5.74) is 2.63. The van der Waals surface area contributed by atoms with Crippen LogP contribution in [-0.2, 0) is 12.8 Å². The largest absolute Gasteiger partial charge is 0.351 e. The zero-order valence-corrected chi connectivity index (χ0v) is 11.5. The molecular weight excluding hydrogens is 240 g/mol. The molecule has 0 aliphatic carbocycles. The van der Waals surface area contributed by atoms with E-state index in [-0.39, 0.29) is 0 Å². The summed E-state index contributed by atoms with van der Waals surface area (Å²) < 4.78 is 0. The van der Waals surface area contributed by atoms with Gasteiger partial charge in [-0.3, -0.25) is 0 Å². The third-order valence-corrected chi connectivity index (χ3v) is 4.03. The van der Waals surface area contributed by atoms with E-state index in [1.807, 2.05) is 6.20 Å². The molecule has 3 heteroatoms. The van der Waals surface area contributed by atoms with Gasteiger partial charge in [-0.2, -0.15) is 11.8 Å². The highest BCUT2D eigenvalue weighted by molar-refractivity contribution is 7.99. The fourth-order valence-corrected chi connectivity index (χ4v) is 2.81. The maximum Gasteiger partial charge on any atom is 0.0923 e. The molecule has 0 saturated heterocycles. The number of thioether (sulfide) groups is 1. The van der Waals surface area contributed by atoms with Crippen molar-refractivity contribution in [3.8, 4) is 0 Å². The Bertz CT molecular complexity index is 411. The molecule has 0 unspecified atom stereocenters. The average Bonchev–Trinajstić information content (AvgIpc) is 2.92. The molecule has 18 heavy (non-hydrogen) atoms. The molecule has 1 heterocycles. The number of rotatable bonds is 8. The number of imidazole rings is 1. The molecular formula is C15H20N2S. The number of aromatic amines is 1. The molecule has 0 spiro atoms. The van der Waals surface area contributed by atoms with Gasteiger partial charge in [0.15, 0.2) is 0 Å². The number of nitrogens with one attached hydrogen (secondary N) is 1. The lowest BCUT2D eigenvalue weighted by molar-refractivity contribution is 0.894. The summed E-state index contributed by atoms with van der Waals surface area (Å²) in [5, 5.41) is 0. The summed E-state index contributed by atoms with van der Waals surface area (Å²) in [4.78, 5) is 7.22. The van der Waals surface area contributed by atoms with Crippen molar-refractivity contribution < 1.29 is 0 Å². The molecule has 0 fully saturated rings. The third-order valence-electron chi connectivity index (χ3n) is 2.87. The Labute approximate surface area is 113 Å². The molecule has 0 radical (unpaired) electrons. The van der Waals surface area contributed by atoms with Gasteiger partial charge in [0, 0.05) is 6.20 Å². The summed E-state index contributed by atoms with van der Waals surface area (Å²) in [6.07, 6.45) is 8.53. The van der Waals surface area contributed by atoms with E-state index in [2.05, 4.69) is 52.1 Å².